The first kappa shape index (κ1) is 17.2. The lowest BCUT2D eigenvalue weighted by Crippen LogP contribution is -2.41. The predicted octanol–water partition coefficient (Wildman–Crippen LogP) is 3.47. The number of anilines is 1. The van der Waals surface area contributed by atoms with Gasteiger partial charge in [-0.1, -0.05) is 29.8 Å². The zero-order chi connectivity index (χ0) is 17.5. The van der Waals surface area contributed by atoms with Crippen LogP contribution in [-0.2, 0) is 4.79 Å². The third-order valence-electron chi connectivity index (χ3n) is 3.42. The van der Waals surface area contributed by atoms with E-state index in [9.17, 15) is 14.9 Å². The molecule has 2 aromatic carbocycles. The van der Waals surface area contributed by atoms with Crippen LogP contribution in [0.4, 0.5) is 11.4 Å². The first-order chi connectivity index (χ1) is 11.5. The van der Waals surface area contributed by atoms with Crippen LogP contribution < -0.4 is 10.4 Å². The van der Waals surface area contributed by atoms with Gasteiger partial charge in [0.15, 0.2) is 0 Å². The molecule has 124 valence electrons. The fourth-order valence-electron chi connectivity index (χ4n) is 2.14. The molecule has 24 heavy (non-hydrogen) atoms. The highest BCUT2D eigenvalue weighted by atomic mass is 16.6. The fourth-order valence-corrected chi connectivity index (χ4v) is 2.14. The lowest BCUT2D eigenvalue weighted by molar-refractivity contribution is -0.384. The number of amides is 1. The third-order valence-corrected chi connectivity index (χ3v) is 3.42. The summed E-state index contributed by atoms with van der Waals surface area (Å²) in [6.07, 6.45) is 2.90. The molecule has 2 rings (SSSR count). The summed E-state index contributed by atoms with van der Waals surface area (Å²) < 4.78 is 0. The Bertz CT molecular complexity index is 754. The topological polar surface area (TPSA) is 75.5 Å². The molecule has 0 aromatic heterocycles. The van der Waals surface area contributed by atoms with Crippen molar-refractivity contribution < 1.29 is 9.72 Å². The molecule has 0 saturated carbocycles. The van der Waals surface area contributed by atoms with Gasteiger partial charge in [0.1, 0.15) is 0 Å². The highest BCUT2D eigenvalue weighted by molar-refractivity contribution is 5.92. The molecular weight excluding hydrogens is 306 g/mol. The Hall–Kier alpha value is -3.15. The van der Waals surface area contributed by atoms with Gasteiger partial charge in [0.2, 0.25) is 0 Å². The molecule has 0 fully saturated rings. The molecule has 6 heteroatoms. The molecular formula is C18H19N3O3. The van der Waals surface area contributed by atoms with E-state index in [-0.39, 0.29) is 11.6 Å². The lowest BCUT2D eigenvalue weighted by Gasteiger charge is -2.23. The van der Waals surface area contributed by atoms with Gasteiger partial charge in [-0.05, 0) is 37.6 Å². The number of non-ortho nitro benzene ring substituents is 1. The molecule has 1 N–H and O–H groups in total. The number of hydrazine groups is 1. The Morgan fingerprint density at radius 1 is 1.25 bits per heavy atom. The normalized spacial score (nSPS) is 10.6. The van der Waals surface area contributed by atoms with Gasteiger partial charge < -0.3 is 0 Å². The first-order valence-corrected chi connectivity index (χ1v) is 7.57. The molecule has 0 unspecified atom stereocenters. The average molecular weight is 325 g/mol. The molecule has 6 nitrogen and oxygen atoms in total. The summed E-state index contributed by atoms with van der Waals surface area (Å²) in [5, 5.41) is 12.5. The third kappa shape index (κ3) is 4.67. The number of nitrogens with one attached hydrogen (secondary N) is 1. The van der Waals surface area contributed by atoms with Gasteiger partial charge in [-0.25, -0.2) is 0 Å². The number of nitrogens with zero attached hydrogens (tertiary/aromatic N) is 2. The Balaban J connectivity index is 2.04. The minimum atomic E-state index is -0.465. The van der Waals surface area contributed by atoms with Gasteiger partial charge in [0.05, 0.1) is 10.6 Å². The zero-order valence-electron chi connectivity index (χ0n) is 13.6. The summed E-state index contributed by atoms with van der Waals surface area (Å²) in [4.78, 5) is 22.4. The van der Waals surface area contributed by atoms with Gasteiger partial charge >= 0.3 is 0 Å². The molecule has 0 bridgehead atoms. The number of hydrogen-bond acceptors (Lipinski definition) is 4. The Morgan fingerprint density at radius 2 is 1.96 bits per heavy atom. The van der Waals surface area contributed by atoms with E-state index in [2.05, 4.69) is 5.43 Å². The lowest BCUT2D eigenvalue weighted by atomic mass is 10.2. The second kappa shape index (κ2) is 7.92. The van der Waals surface area contributed by atoms with Crippen molar-refractivity contribution in [2.45, 2.75) is 13.8 Å². The molecule has 0 saturated heterocycles. The van der Waals surface area contributed by atoms with Crippen molar-refractivity contribution in [1.82, 2.24) is 5.43 Å². The maximum absolute atomic E-state index is 12.1. The highest BCUT2D eigenvalue weighted by Crippen LogP contribution is 2.15. The number of nitro groups is 1. The molecule has 0 aliphatic rings. The van der Waals surface area contributed by atoms with Crippen LogP contribution in [0.5, 0.6) is 0 Å². The van der Waals surface area contributed by atoms with Crippen LogP contribution in [-0.4, -0.2) is 17.4 Å². The number of carbonyl (C=O) groups excluding carboxylic acids is 1. The Kier molecular flexibility index (Phi) is 5.68. The highest BCUT2D eigenvalue weighted by Gasteiger charge is 2.07. The molecule has 0 aliphatic heterocycles. The summed E-state index contributed by atoms with van der Waals surface area (Å²) in [6.45, 7) is 4.55. The second-order valence-corrected chi connectivity index (χ2v) is 5.24. The number of benzene rings is 2. The maximum atomic E-state index is 12.1. The van der Waals surface area contributed by atoms with E-state index in [4.69, 9.17) is 0 Å². The smallest absolute Gasteiger partial charge is 0.270 e. The molecule has 0 spiro atoms. The molecule has 0 aliphatic carbocycles. The van der Waals surface area contributed by atoms with E-state index in [0.29, 0.717) is 12.1 Å². The number of rotatable bonds is 6. The van der Waals surface area contributed by atoms with Crippen LogP contribution >= 0.6 is 0 Å². The average Bonchev–Trinajstić information content (AvgIpc) is 2.59. The summed E-state index contributed by atoms with van der Waals surface area (Å²) in [7, 11) is 0. The maximum Gasteiger partial charge on any atom is 0.270 e. The summed E-state index contributed by atoms with van der Waals surface area (Å²) in [5.74, 6) is -0.302. The molecule has 0 atom stereocenters. The van der Waals surface area contributed by atoms with Crippen LogP contribution in [0.3, 0.4) is 0 Å². The molecule has 0 heterocycles. The summed E-state index contributed by atoms with van der Waals surface area (Å²) in [6, 6.07) is 13.9. The van der Waals surface area contributed by atoms with E-state index in [1.165, 1.54) is 18.2 Å². The van der Waals surface area contributed by atoms with Gasteiger partial charge in [0.25, 0.3) is 11.6 Å². The monoisotopic (exact) mass is 325 g/mol. The van der Waals surface area contributed by atoms with Crippen LogP contribution in [0.2, 0.25) is 0 Å². The number of nitro benzene ring substituents is 1. The SMILES string of the molecule is CCN(NC(=O)/C=C/c1cccc([N+](=O)[O-])c1)c1ccc(C)cc1. The minimum absolute atomic E-state index is 0.00704. The summed E-state index contributed by atoms with van der Waals surface area (Å²) in [5.41, 5.74) is 5.41. The predicted molar refractivity (Wildman–Crippen MR) is 94.5 cm³/mol. The molecule has 0 radical (unpaired) electrons. The van der Waals surface area contributed by atoms with E-state index in [1.807, 2.05) is 38.1 Å². The fraction of sp³-hybridized carbons (Fsp3) is 0.167. The largest absolute Gasteiger partial charge is 0.286 e. The van der Waals surface area contributed by atoms with Crippen LogP contribution in [0.1, 0.15) is 18.1 Å². The van der Waals surface area contributed by atoms with E-state index < -0.39 is 4.92 Å². The van der Waals surface area contributed by atoms with Crippen LogP contribution in [0.15, 0.2) is 54.6 Å². The van der Waals surface area contributed by atoms with Crippen molar-refractivity contribution in [2.75, 3.05) is 11.6 Å². The van der Waals surface area contributed by atoms with E-state index in [0.717, 1.165) is 11.3 Å². The molecule has 2 aromatic rings. The number of hydrogen-bond donors (Lipinski definition) is 1. The van der Waals surface area contributed by atoms with Gasteiger partial charge in [-0.3, -0.25) is 25.3 Å². The van der Waals surface area contributed by atoms with Crippen molar-refractivity contribution in [3.8, 4) is 0 Å². The van der Waals surface area contributed by atoms with Gasteiger partial charge in [-0.15, -0.1) is 0 Å². The van der Waals surface area contributed by atoms with Crippen molar-refractivity contribution >= 4 is 23.4 Å². The number of carbonyl (C=O) groups is 1. The van der Waals surface area contributed by atoms with E-state index >= 15 is 0 Å². The first-order valence-electron chi connectivity index (χ1n) is 7.57. The molecule has 1 amide bonds. The van der Waals surface area contributed by atoms with Gasteiger partial charge in [-0.2, -0.15) is 0 Å². The van der Waals surface area contributed by atoms with Crippen molar-refractivity contribution in [3.05, 3.63) is 75.8 Å². The minimum Gasteiger partial charge on any atom is -0.286 e. The van der Waals surface area contributed by atoms with Crippen molar-refractivity contribution in [3.63, 3.8) is 0 Å². The second-order valence-electron chi connectivity index (χ2n) is 5.24. The van der Waals surface area contributed by atoms with Gasteiger partial charge in [0, 0.05) is 24.8 Å². The van der Waals surface area contributed by atoms with E-state index in [1.54, 1.807) is 23.2 Å². The van der Waals surface area contributed by atoms with Crippen molar-refractivity contribution in [1.29, 1.82) is 0 Å². The van der Waals surface area contributed by atoms with Crippen molar-refractivity contribution in [2.24, 2.45) is 0 Å². The van der Waals surface area contributed by atoms with Crippen LogP contribution in [0, 0.1) is 17.0 Å². The standard InChI is InChI=1S/C18H19N3O3/c1-3-20(16-10-7-14(2)8-11-16)19-18(22)12-9-15-5-4-6-17(13-15)21(23)24/h4-13H,3H2,1-2H3,(H,19,22)/b12-9+. The summed E-state index contributed by atoms with van der Waals surface area (Å²) >= 11 is 0. The van der Waals surface area contributed by atoms with Crippen LogP contribution in [0.25, 0.3) is 6.08 Å². The number of aryl methyl sites for hydroxylation is 1. The Labute approximate surface area is 140 Å². The zero-order valence-corrected chi connectivity index (χ0v) is 13.6. The quantitative estimate of drug-likeness (QED) is 0.501. The Morgan fingerprint density at radius 3 is 2.58 bits per heavy atom.